The van der Waals surface area contributed by atoms with Gasteiger partial charge in [-0.3, -0.25) is 0 Å². The lowest BCUT2D eigenvalue weighted by molar-refractivity contribution is 0.294. The van der Waals surface area contributed by atoms with Crippen LogP contribution in [-0.2, 0) is 4.74 Å². The Hall–Kier alpha value is -1.16. The molecular weight excluding hydrogens is 134 g/mol. The molecule has 1 heterocycles. The van der Waals surface area contributed by atoms with E-state index in [1.54, 1.807) is 13.0 Å². The average molecular weight is 143 g/mol. The molecule has 0 saturated heterocycles. The van der Waals surface area contributed by atoms with Crippen LogP contribution in [0.5, 0.6) is 0 Å². The van der Waals surface area contributed by atoms with Gasteiger partial charge in [-0.2, -0.15) is 0 Å². The van der Waals surface area contributed by atoms with E-state index in [2.05, 4.69) is 5.18 Å². The van der Waals surface area contributed by atoms with Gasteiger partial charge in [-0.15, -0.1) is 4.91 Å². The molecule has 2 N–H and O–H groups in total. The summed E-state index contributed by atoms with van der Waals surface area (Å²) < 4.78 is 4.88. The quantitative estimate of drug-likeness (QED) is 0.515. The van der Waals surface area contributed by atoms with Crippen LogP contribution in [0.15, 0.2) is 29.0 Å². The van der Waals surface area contributed by atoms with Crippen molar-refractivity contribution in [2.75, 3.05) is 0 Å². The Balaban J connectivity index is 0.000000810. The van der Waals surface area contributed by atoms with Crippen LogP contribution in [0.3, 0.4) is 0 Å². The fourth-order valence-corrected chi connectivity index (χ4v) is 0.630. The molecule has 1 aliphatic heterocycles. The van der Waals surface area contributed by atoms with Crippen molar-refractivity contribution in [2.45, 2.75) is 13.3 Å². The predicted molar refractivity (Wildman–Crippen MR) is 37.0 cm³/mol. The maximum absolute atomic E-state index is 9.83. The van der Waals surface area contributed by atoms with E-state index in [1.165, 1.54) is 0 Å². The van der Waals surface area contributed by atoms with Crippen LogP contribution in [0, 0.1) is 4.91 Å². The van der Waals surface area contributed by atoms with Gasteiger partial charge in [0.05, 0.1) is 5.76 Å². The van der Waals surface area contributed by atoms with Crippen LogP contribution < -0.4 is 0 Å². The number of hydrogen-bond acceptors (Lipinski definition) is 3. The molecule has 0 aliphatic carbocycles. The standard InChI is InChI=1S/C6H7NO2.H2O/c1-5-3-2-4-6(7-8)9-5;/h3-4H,2H2,1H3;1H2. The van der Waals surface area contributed by atoms with E-state index in [9.17, 15) is 4.91 Å². The molecule has 1 aliphatic rings. The molecule has 1 rings (SSSR count). The van der Waals surface area contributed by atoms with Crippen molar-refractivity contribution in [1.29, 1.82) is 0 Å². The fourth-order valence-electron chi connectivity index (χ4n) is 0.630. The second-order valence-electron chi connectivity index (χ2n) is 1.79. The fraction of sp³-hybridized carbons (Fsp3) is 0.333. The van der Waals surface area contributed by atoms with Crippen LogP contribution in [0.4, 0.5) is 0 Å². The van der Waals surface area contributed by atoms with E-state index in [0.29, 0.717) is 0 Å². The highest BCUT2D eigenvalue weighted by Crippen LogP contribution is 2.13. The first-order valence-corrected chi connectivity index (χ1v) is 2.71. The van der Waals surface area contributed by atoms with E-state index in [-0.39, 0.29) is 11.4 Å². The molecule has 0 aromatic carbocycles. The Bertz CT molecular complexity index is 183. The molecule has 0 amide bonds. The first kappa shape index (κ1) is 8.84. The predicted octanol–water partition coefficient (Wildman–Crippen LogP) is 1.09. The summed E-state index contributed by atoms with van der Waals surface area (Å²) in [5.74, 6) is 0.919. The van der Waals surface area contributed by atoms with Gasteiger partial charge in [-0.05, 0) is 25.5 Å². The van der Waals surface area contributed by atoms with Crippen molar-refractivity contribution >= 4 is 0 Å². The van der Waals surface area contributed by atoms with Gasteiger partial charge in [0, 0.05) is 5.18 Å². The van der Waals surface area contributed by atoms with Gasteiger partial charge < -0.3 is 10.2 Å². The Kier molecular flexibility index (Phi) is 3.35. The van der Waals surface area contributed by atoms with E-state index >= 15 is 0 Å². The topological polar surface area (TPSA) is 70.2 Å². The molecule has 0 bridgehead atoms. The van der Waals surface area contributed by atoms with Gasteiger partial charge in [0.1, 0.15) is 0 Å². The van der Waals surface area contributed by atoms with Gasteiger partial charge in [0.25, 0.3) is 5.88 Å². The molecule has 0 fully saturated rings. The molecule has 0 radical (unpaired) electrons. The number of nitroso groups, excluding NO2 is 1. The molecular formula is C6H9NO3. The lowest BCUT2D eigenvalue weighted by Gasteiger charge is -2.06. The molecule has 0 saturated carbocycles. The van der Waals surface area contributed by atoms with Crippen molar-refractivity contribution in [3.63, 3.8) is 0 Å². The van der Waals surface area contributed by atoms with Crippen LogP contribution in [0.25, 0.3) is 0 Å². The lowest BCUT2D eigenvalue weighted by Crippen LogP contribution is -1.91. The number of hydrogen-bond donors (Lipinski definition) is 0. The van der Waals surface area contributed by atoms with Crippen molar-refractivity contribution in [3.8, 4) is 0 Å². The molecule has 0 aromatic heterocycles. The molecule has 0 atom stereocenters. The second-order valence-corrected chi connectivity index (χ2v) is 1.79. The van der Waals surface area contributed by atoms with Crippen molar-refractivity contribution in [3.05, 3.63) is 28.7 Å². The first-order chi connectivity index (χ1) is 4.33. The summed E-state index contributed by atoms with van der Waals surface area (Å²) in [6, 6.07) is 0. The van der Waals surface area contributed by atoms with Gasteiger partial charge >= 0.3 is 0 Å². The molecule has 0 aromatic rings. The normalized spacial score (nSPS) is 15.7. The monoisotopic (exact) mass is 143 g/mol. The zero-order chi connectivity index (χ0) is 6.69. The lowest BCUT2D eigenvalue weighted by atomic mass is 10.3. The van der Waals surface area contributed by atoms with E-state index in [0.717, 1.165) is 12.2 Å². The Labute approximate surface area is 58.5 Å². The van der Waals surface area contributed by atoms with Crippen molar-refractivity contribution in [1.82, 2.24) is 0 Å². The minimum Gasteiger partial charge on any atom is -0.442 e. The second kappa shape index (κ2) is 3.79. The van der Waals surface area contributed by atoms with Crippen molar-refractivity contribution < 1.29 is 10.2 Å². The number of rotatable bonds is 1. The van der Waals surface area contributed by atoms with Gasteiger partial charge in [0.15, 0.2) is 0 Å². The summed E-state index contributed by atoms with van der Waals surface area (Å²) in [6.45, 7) is 1.79. The highest BCUT2D eigenvalue weighted by Gasteiger charge is 2.02. The molecule has 0 unspecified atom stereocenters. The first-order valence-electron chi connectivity index (χ1n) is 2.71. The summed E-state index contributed by atoms with van der Waals surface area (Å²) in [7, 11) is 0. The zero-order valence-corrected chi connectivity index (χ0v) is 5.63. The summed E-state index contributed by atoms with van der Waals surface area (Å²) in [5.41, 5.74) is 0. The van der Waals surface area contributed by atoms with E-state index in [1.807, 2.05) is 6.08 Å². The molecule has 4 heteroatoms. The molecule has 56 valence electrons. The Morgan fingerprint density at radius 3 is 2.70 bits per heavy atom. The smallest absolute Gasteiger partial charge is 0.256 e. The zero-order valence-electron chi connectivity index (χ0n) is 5.63. The number of allylic oxidation sites excluding steroid dienone is 3. The molecule has 10 heavy (non-hydrogen) atoms. The maximum atomic E-state index is 9.83. The SMILES string of the molecule is CC1=CCC=C(N=O)O1.O. The third kappa shape index (κ3) is 1.99. The Morgan fingerprint density at radius 1 is 1.60 bits per heavy atom. The van der Waals surface area contributed by atoms with Gasteiger partial charge in [-0.25, -0.2) is 0 Å². The van der Waals surface area contributed by atoms with Gasteiger partial charge in [-0.1, -0.05) is 0 Å². The average Bonchev–Trinajstić information content (AvgIpc) is 1.88. The third-order valence-corrected chi connectivity index (χ3v) is 1.05. The van der Waals surface area contributed by atoms with Gasteiger partial charge in [0.2, 0.25) is 0 Å². The summed E-state index contributed by atoms with van der Waals surface area (Å²) in [5, 5.41) is 2.65. The highest BCUT2D eigenvalue weighted by molar-refractivity contribution is 5.07. The number of ether oxygens (including phenoxy) is 1. The molecule has 4 nitrogen and oxygen atoms in total. The summed E-state index contributed by atoms with van der Waals surface area (Å²) >= 11 is 0. The molecule has 0 spiro atoms. The van der Waals surface area contributed by atoms with E-state index in [4.69, 9.17) is 4.74 Å². The van der Waals surface area contributed by atoms with E-state index < -0.39 is 0 Å². The highest BCUT2D eigenvalue weighted by atomic mass is 16.5. The van der Waals surface area contributed by atoms with Crippen LogP contribution in [-0.4, -0.2) is 5.48 Å². The third-order valence-electron chi connectivity index (χ3n) is 1.05. The maximum Gasteiger partial charge on any atom is 0.256 e. The summed E-state index contributed by atoms with van der Waals surface area (Å²) in [4.78, 5) is 9.83. The largest absolute Gasteiger partial charge is 0.442 e. The summed E-state index contributed by atoms with van der Waals surface area (Å²) in [6.07, 6.45) is 4.27. The van der Waals surface area contributed by atoms with Crippen LogP contribution in [0.1, 0.15) is 13.3 Å². The van der Waals surface area contributed by atoms with Crippen LogP contribution >= 0.6 is 0 Å². The van der Waals surface area contributed by atoms with Crippen LogP contribution in [0.2, 0.25) is 0 Å². The Morgan fingerprint density at radius 2 is 2.30 bits per heavy atom. The number of nitrogens with zero attached hydrogens (tertiary/aromatic N) is 1. The minimum absolute atomic E-state index is 0. The van der Waals surface area contributed by atoms with Crippen molar-refractivity contribution in [2.24, 2.45) is 5.18 Å². The minimum atomic E-state index is 0.